The van der Waals surface area contributed by atoms with Crippen LogP contribution in [0.2, 0.25) is 0 Å². The van der Waals surface area contributed by atoms with Gasteiger partial charge in [0.25, 0.3) is 0 Å². The normalized spacial score (nSPS) is 20.5. The van der Waals surface area contributed by atoms with Crippen molar-refractivity contribution in [2.24, 2.45) is 0 Å². The molecule has 16 heavy (non-hydrogen) atoms. The molecule has 4 heteroatoms. The van der Waals surface area contributed by atoms with Crippen molar-refractivity contribution in [3.63, 3.8) is 0 Å². The number of hydrogen-bond acceptors (Lipinski definition) is 3. The monoisotopic (exact) mass is 212 g/mol. The highest BCUT2D eigenvalue weighted by atomic mass is 15.2. The van der Waals surface area contributed by atoms with Crippen molar-refractivity contribution in [3.8, 4) is 0 Å². The summed E-state index contributed by atoms with van der Waals surface area (Å²) in [5.74, 6) is 0.116. The van der Waals surface area contributed by atoms with E-state index in [9.17, 15) is 0 Å². The van der Waals surface area contributed by atoms with Crippen LogP contribution in [0.1, 0.15) is 24.5 Å². The minimum Gasteiger partial charge on any atom is -0.305 e. The molecule has 3 rings (SSSR count). The molecule has 1 aliphatic rings. The predicted molar refractivity (Wildman–Crippen MR) is 61.8 cm³/mol. The summed E-state index contributed by atoms with van der Waals surface area (Å²) in [5, 5.41) is 12.1. The van der Waals surface area contributed by atoms with Crippen LogP contribution in [0, 0.1) is 5.41 Å². The molecule has 4 nitrogen and oxygen atoms in total. The molecule has 2 heterocycles. The average Bonchev–Trinajstić information content (AvgIpc) is 2.77. The molecule has 1 unspecified atom stereocenters. The predicted octanol–water partition coefficient (Wildman–Crippen LogP) is 2.18. The second kappa shape index (κ2) is 3.56. The van der Waals surface area contributed by atoms with Gasteiger partial charge in [-0.2, -0.15) is 5.10 Å². The van der Waals surface area contributed by atoms with E-state index in [4.69, 9.17) is 5.41 Å². The second-order valence-corrected chi connectivity index (χ2v) is 3.97. The van der Waals surface area contributed by atoms with E-state index in [1.165, 1.54) is 0 Å². The van der Waals surface area contributed by atoms with Crippen molar-refractivity contribution >= 4 is 11.2 Å². The standard InChI is InChI=1S/C12H12N4/c13-10-5-2-1-4-9(10)12-11-6-3-7-16(11)15-8-14-12/h2-3,5-9,13H,1,4H2. The third kappa shape index (κ3) is 1.34. The van der Waals surface area contributed by atoms with Crippen molar-refractivity contribution in [2.75, 3.05) is 0 Å². The van der Waals surface area contributed by atoms with Gasteiger partial charge in [0.05, 0.1) is 11.2 Å². The summed E-state index contributed by atoms with van der Waals surface area (Å²) in [6.45, 7) is 0. The van der Waals surface area contributed by atoms with Gasteiger partial charge in [-0.3, -0.25) is 0 Å². The van der Waals surface area contributed by atoms with Crippen LogP contribution >= 0.6 is 0 Å². The van der Waals surface area contributed by atoms with E-state index in [-0.39, 0.29) is 5.92 Å². The quantitative estimate of drug-likeness (QED) is 0.787. The number of aromatic nitrogens is 3. The highest BCUT2D eigenvalue weighted by Crippen LogP contribution is 2.27. The van der Waals surface area contributed by atoms with Gasteiger partial charge in [0, 0.05) is 17.8 Å². The van der Waals surface area contributed by atoms with Crippen LogP contribution in [0.15, 0.2) is 36.8 Å². The molecule has 1 atom stereocenters. The molecule has 2 aromatic heterocycles. The number of hydrogen-bond donors (Lipinski definition) is 1. The molecule has 0 saturated carbocycles. The Balaban J connectivity index is 2.14. The van der Waals surface area contributed by atoms with Crippen molar-refractivity contribution in [1.29, 1.82) is 5.41 Å². The molecule has 0 saturated heterocycles. The minimum absolute atomic E-state index is 0.116. The largest absolute Gasteiger partial charge is 0.305 e. The van der Waals surface area contributed by atoms with Gasteiger partial charge < -0.3 is 5.41 Å². The van der Waals surface area contributed by atoms with Crippen LogP contribution in [0.25, 0.3) is 5.52 Å². The lowest BCUT2D eigenvalue weighted by molar-refractivity contribution is 0.732. The minimum atomic E-state index is 0.116. The van der Waals surface area contributed by atoms with Gasteiger partial charge in [-0.25, -0.2) is 9.50 Å². The topological polar surface area (TPSA) is 54.0 Å². The maximum atomic E-state index is 7.96. The lowest BCUT2D eigenvalue weighted by Crippen LogP contribution is -2.15. The fraction of sp³-hybridized carbons (Fsp3) is 0.250. The van der Waals surface area contributed by atoms with E-state index in [1.807, 2.05) is 28.9 Å². The Morgan fingerprint density at radius 2 is 2.38 bits per heavy atom. The Hall–Kier alpha value is -1.97. The zero-order valence-corrected chi connectivity index (χ0v) is 8.80. The first-order chi connectivity index (χ1) is 7.86. The molecule has 0 amide bonds. The fourth-order valence-electron chi connectivity index (χ4n) is 2.18. The van der Waals surface area contributed by atoms with Crippen molar-refractivity contribution < 1.29 is 0 Å². The first-order valence-electron chi connectivity index (χ1n) is 5.39. The molecule has 1 N–H and O–H groups in total. The molecule has 0 spiro atoms. The number of allylic oxidation sites excluding steroid dienone is 2. The number of fused-ring (bicyclic) bond motifs is 1. The van der Waals surface area contributed by atoms with Crippen LogP contribution in [0.5, 0.6) is 0 Å². The molecule has 80 valence electrons. The van der Waals surface area contributed by atoms with Crippen LogP contribution in [0.3, 0.4) is 0 Å². The number of rotatable bonds is 1. The summed E-state index contributed by atoms with van der Waals surface area (Å²) in [5.41, 5.74) is 2.62. The zero-order valence-electron chi connectivity index (χ0n) is 8.80. The number of nitrogens with one attached hydrogen (secondary N) is 1. The van der Waals surface area contributed by atoms with E-state index in [1.54, 1.807) is 6.33 Å². The Morgan fingerprint density at radius 3 is 3.25 bits per heavy atom. The van der Waals surface area contributed by atoms with E-state index in [0.717, 1.165) is 24.1 Å². The average molecular weight is 212 g/mol. The van der Waals surface area contributed by atoms with Gasteiger partial charge in [0.15, 0.2) is 0 Å². The van der Waals surface area contributed by atoms with Crippen LogP contribution in [-0.4, -0.2) is 20.3 Å². The molecule has 0 aromatic carbocycles. The van der Waals surface area contributed by atoms with E-state index >= 15 is 0 Å². The maximum Gasteiger partial charge on any atom is 0.136 e. The summed E-state index contributed by atoms with van der Waals surface area (Å²) in [4.78, 5) is 4.35. The summed E-state index contributed by atoms with van der Waals surface area (Å²) in [6, 6.07) is 3.96. The molecule has 0 fully saturated rings. The third-order valence-corrected chi connectivity index (χ3v) is 2.99. The van der Waals surface area contributed by atoms with Gasteiger partial charge in [-0.05, 0) is 31.1 Å². The molecule has 0 bridgehead atoms. The van der Waals surface area contributed by atoms with Crippen molar-refractivity contribution in [3.05, 3.63) is 42.5 Å². The molecule has 0 radical (unpaired) electrons. The van der Waals surface area contributed by atoms with Gasteiger partial charge in [-0.1, -0.05) is 6.08 Å². The molecule has 1 aliphatic carbocycles. The van der Waals surface area contributed by atoms with Crippen LogP contribution in [0.4, 0.5) is 0 Å². The maximum absolute atomic E-state index is 7.96. The SMILES string of the molecule is N=C1C=CCCC1c1ncnn2cccc12. The fourth-order valence-corrected chi connectivity index (χ4v) is 2.18. The second-order valence-electron chi connectivity index (χ2n) is 3.97. The van der Waals surface area contributed by atoms with Crippen molar-refractivity contribution in [2.45, 2.75) is 18.8 Å². The summed E-state index contributed by atoms with van der Waals surface area (Å²) < 4.78 is 1.81. The van der Waals surface area contributed by atoms with Crippen LogP contribution in [-0.2, 0) is 0 Å². The lowest BCUT2D eigenvalue weighted by atomic mass is 9.89. The summed E-state index contributed by atoms with van der Waals surface area (Å²) in [6.07, 6.45) is 9.39. The van der Waals surface area contributed by atoms with Crippen molar-refractivity contribution in [1.82, 2.24) is 14.6 Å². The Morgan fingerprint density at radius 1 is 1.44 bits per heavy atom. The van der Waals surface area contributed by atoms with Gasteiger partial charge in [0.1, 0.15) is 6.33 Å². The molecule has 2 aromatic rings. The first-order valence-corrected chi connectivity index (χ1v) is 5.39. The van der Waals surface area contributed by atoms with Crippen LogP contribution < -0.4 is 0 Å². The lowest BCUT2D eigenvalue weighted by Gasteiger charge is -2.18. The Labute approximate surface area is 93.1 Å². The summed E-state index contributed by atoms with van der Waals surface area (Å²) in [7, 11) is 0. The highest BCUT2D eigenvalue weighted by molar-refractivity contribution is 5.99. The number of nitrogens with zero attached hydrogens (tertiary/aromatic N) is 3. The zero-order chi connectivity index (χ0) is 11.0. The Bertz CT molecular complexity index is 567. The van der Waals surface area contributed by atoms with Gasteiger partial charge in [-0.15, -0.1) is 0 Å². The summed E-state index contributed by atoms with van der Waals surface area (Å²) >= 11 is 0. The van der Waals surface area contributed by atoms with E-state index < -0.39 is 0 Å². The van der Waals surface area contributed by atoms with E-state index in [0.29, 0.717) is 5.71 Å². The molecule has 0 aliphatic heterocycles. The molecular formula is C12H12N4. The van der Waals surface area contributed by atoms with E-state index in [2.05, 4.69) is 16.2 Å². The third-order valence-electron chi connectivity index (χ3n) is 2.99. The van der Waals surface area contributed by atoms with Gasteiger partial charge in [0.2, 0.25) is 0 Å². The highest BCUT2D eigenvalue weighted by Gasteiger charge is 2.21. The smallest absolute Gasteiger partial charge is 0.136 e. The first kappa shape index (κ1) is 9.27. The molecular weight excluding hydrogens is 200 g/mol. The van der Waals surface area contributed by atoms with Gasteiger partial charge >= 0.3 is 0 Å². The Kier molecular flexibility index (Phi) is 2.06.